The Labute approximate surface area is 145 Å². The van der Waals surface area contributed by atoms with Crippen molar-refractivity contribution in [1.82, 2.24) is 10.6 Å². The number of carbonyl (C=O) groups excluding carboxylic acids is 1. The van der Waals surface area contributed by atoms with E-state index in [1.807, 2.05) is 30.3 Å². The number of rotatable bonds is 5. The molecule has 1 atom stereocenters. The first-order chi connectivity index (χ1) is 11.6. The van der Waals surface area contributed by atoms with E-state index in [-0.39, 0.29) is 12.6 Å². The highest BCUT2D eigenvalue weighted by molar-refractivity contribution is 6.30. The van der Waals surface area contributed by atoms with Gasteiger partial charge in [0.05, 0.1) is 12.7 Å². The maximum Gasteiger partial charge on any atom is 0.315 e. The molecule has 2 amide bonds. The first kappa shape index (κ1) is 16.6. The summed E-state index contributed by atoms with van der Waals surface area (Å²) in [5.74, 6) is 0.875. The van der Waals surface area contributed by atoms with Crippen LogP contribution in [0.4, 0.5) is 4.79 Å². The Morgan fingerprint density at radius 3 is 2.79 bits per heavy atom. The number of nitrogens with one attached hydrogen (secondary N) is 2. The van der Waals surface area contributed by atoms with Crippen molar-refractivity contribution >= 4 is 17.6 Å². The minimum absolute atomic E-state index is 0.145. The van der Waals surface area contributed by atoms with Gasteiger partial charge in [0, 0.05) is 24.5 Å². The molecule has 3 rings (SSSR count). The molecule has 0 bridgehead atoms. The third kappa shape index (κ3) is 4.19. The molecule has 1 aliphatic rings. The SMILES string of the molecule is O=C(NCc1ccc(Cl)cc1)NC[C@H](O)c1ccc2c(c1)CCO2. The van der Waals surface area contributed by atoms with Crippen molar-refractivity contribution in [2.75, 3.05) is 13.2 Å². The van der Waals surface area contributed by atoms with Crippen molar-refractivity contribution in [3.05, 3.63) is 64.2 Å². The summed E-state index contributed by atoms with van der Waals surface area (Å²) in [5.41, 5.74) is 2.82. The molecular weight excluding hydrogens is 328 g/mol. The van der Waals surface area contributed by atoms with Gasteiger partial charge in [0.2, 0.25) is 0 Å². The number of halogens is 1. The fraction of sp³-hybridized carbons (Fsp3) is 0.278. The molecule has 24 heavy (non-hydrogen) atoms. The molecule has 0 saturated carbocycles. The summed E-state index contributed by atoms with van der Waals surface area (Å²) in [5, 5.41) is 16.3. The van der Waals surface area contributed by atoms with Crippen LogP contribution in [0, 0.1) is 0 Å². The smallest absolute Gasteiger partial charge is 0.315 e. The molecule has 126 valence electrons. The Balaban J connectivity index is 1.46. The van der Waals surface area contributed by atoms with Gasteiger partial charge < -0.3 is 20.5 Å². The largest absolute Gasteiger partial charge is 0.493 e. The van der Waals surface area contributed by atoms with Crippen LogP contribution in [0.15, 0.2) is 42.5 Å². The van der Waals surface area contributed by atoms with Gasteiger partial charge in [-0.25, -0.2) is 4.79 Å². The molecule has 2 aromatic rings. The second kappa shape index (κ2) is 7.55. The van der Waals surface area contributed by atoms with Crippen LogP contribution >= 0.6 is 11.6 Å². The summed E-state index contributed by atoms with van der Waals surface area (Å²) in [7, 11) is 0. The average molecular weight is 347 g/mol. The Hall–Kier alpha value is -2.24. The number of benzene rings is 2. The highest BCUT2D eigenvalue weighted by Gasteiger charge is 2.16. The summed E-state index contributed by atoms with van der Waals surface area (Å²) in [6.45, 7) is 1.22. The first-order valence-corrected chi connectivity index (χ1v) is 8.19. The van der Waals surface area contributed by atoms with Crippen molar-refractivity contribution in [3.8, 4) is 5.75 Å². The number of ether oxygens (including phenoxy) is 1. The number of carbonyl (C=O) groups is 1. The normalized spacial score (nSPS) is 13.8. The second-order valence-corrected chi connectivity index (χ2v) is 6.11. The van der Waals surface area contributed by atoms with E-state index in [0.29, 0.717) is 18.2 Å². The summed E-state index contributed by atoms with van der Waals surface area (Å²) in [4.78, 5) is 11.8. The van der Waals surface area contributed by atoms with Gasteiger partial charge in [-0.3, -0.25) is 0 Å². The molecule has 1 heterocycles. The molecule has 1 aliphatic heterocycles. The Kier molecular flexibility index (Phi) is 5.23. The van der Waals surface area contributed by atoms with E-state index in [4.69, 9.17) is 16.3 Å². The van der Waals surface area contributed by atoms with Gasteiger partial charge >= 0.3 is 6.03 Å². The van der Waals surface area contributed by atoms with Crippen molar-refractivity contribution in [3.63, 3.8) is 0 Å². The second-order valence-electron chi connectivity index (χ2n) is 5.67. The maximum atomic E-state index is 11.8. The predicted octanol–water partition coefficient (Wildman–Crippen LogP) is 2.81. The standard InChI is InChI=1S/C18H19ClN2O3/c19-15-4-1-12(2-5-15)10-20-18(23)21-11-16(22)13-3-6-17-14(9-13)7-8-24-17/h1-6,9,16,22H,7-8,10-11H2,(H2,20,21,23)/t16-/m0/s1. The first-order valence-electron chi connectivity index (χ1n) is 7.81. The Morgan fingerprint density at radius 2 is 2.00 bits per heavy atom. The molecular formula is C18H19ClN2O3. The minimum Gasteiger partial charge on any atom is -0.493 e. The zero-order valence-electron chi connectivity index (χ0n) is 13.1. The molecule has 0 spiro atoms. The molecule has 0 saturated heterocycles. The summed E-state index contributed by atoms with van der Waals surface area (Å²) in [6.07, 6.45) is 0.0995. The number of aliphatic hydroxyl groups excluding tert-OH is 1. The summed E-state index contributed by atoms with van der Waals surface area (Å²) >= 11 is 5.82. The van der Waals surface area contributed by atoms with Crippen molar-refractivity contribution < 1.29 is 14.6 Å². The molecule has 2 aromatic carbocycles. The van der Waals surface area contributed by atoms with Crippen LogP contribution < -0.4 is 15.4 Å². The lowest BCUT2D eigenvalue weighted by molar-refractivity contribution is 0.173. The van der Waals surface area contributed by atoms with Crippen LogP contribution in [0.1, 0.15) is 22.8 Å². The lowest BCUT2D eigenvalue weighted by Crippen LogP contribution is -2.37. The Morgan fingerprint density at radius 1 is 1.21 bits per heavy atom. The number of hydrogen-bond donors (Lipinski definition) is 3. The number of hydrogen-bond acceptors (Lipinski definition) is 3. The van der Waals surface area contributed by atoms with Gasteiger partial charge in [0.25, 0.3) is 0 Å². The third-order valence-electron chi connectivity index (χ3n) is 3.92. The highest BCUT2D eigenvalue weighted by Crippen LogP contribution is 2.27. The number of amides is 2. The zero-order valence-corrected chi connectivity index (χ0v) is 13.8. The molecule has 3 N–H and O–H groups in total. The summed E-state index contributed by atoms with van der Waals surface area (Å²) < 4.78 is 5.44. The lowest BCUT2D eigenvalue weighted by atomic mass is 10.0. The van der Waals surface area contributed by atoms with Crippen LogP contribution in [0.2, 0.25) is 5.02 Å². The monoisotopic (exact) mass is 346 g/mol. The van der Waals surface area contributed by atoms with Crippen LogP contribution in [0.25, 0.3) is 0 Å². The van der Waals surface area contributed by atoms with Gasteiger partial charge in [0.15, 0.2) is 0 Å². The van der Waals surface area contributed by atoms with Crippen LogP contribution in [-0.2, 0) is 13.0 Å². The number of urea groups is 1. The maximum absolute atomic E-state index is 11.8. The third-order valence-corrected chi connectivity index (χ3v) is 4.17. The lowest BCUT2D eigenvalue weighted by Gasteiger charge is -2.14. The van der Waals surface area contributed by atoms with Crippen LogP contribution in [0.3, 0.4) is 0 Å². The number of fused-ring (bicyclic) bond motifs is 1. The van der Waals surface area contributed by atoms with E-state index in [1.165, 1.54) is 0 Å². The molecule has 0 aliphatic carbocycles. The Bertz CT molecular complexity index is 719. The molecule has 0 fully saturated rings. The van der Waals surface area contributed by atoms with Crippen molar-refractivity contribution in [2.24, 2.45) is 0 Å². The van der Waals surface area contributed by atoms with E-state index >= 15 is 0 Å². The van der Waals surface area contributed by atoms with Crippen LogP contribution in [-0.4, -0.2) is 24.3 Å². The van der Waals surface area contributed by atoms with Gasteiger partial charge in [-0.2, -0.15) is 0 Å². The van der Waals surface area contributed by atoms with E-state index < -0.39 is 6.10 Å². The molecule has 6 heteroatoms. The fourth-order valence-electron chi connectivity index (χ4n) is 2.57. The van der Waals surface area contributed by atoms with Gasteiger partial charge in [-0.15, -0.1) is 0 Å². The topological polar surface area (TPSA) is 70.6 Å². The van der Waals surface area contributed by atoms with Crippen molar-refractivity contribution in [1.29, 1.82) is 0 Å². The minimum atomic E-state index is -0.753. The van der Waals surface area contributed by atoms with Gasteiger partial charge in [-0.1, -0.05) is 29.8 Å². The fourth-order valence-corrected chi connectivity index (χ4v) is 2.69. The summed E-state index contributed by atoms with van der Waals surface area (Å²) in [6, 6.07) is 12.5. The van der Waals surface area contributed by atoms with E-state index in [1.54, 1.807) is 12.1 Å². The van der Waals surface area contributed by atoms with E-state index in [9.17, 15) is 9.90 Å². The zero-order chi connectivity index (χ0) is 16.9. The average Bonchev–Trinajstić information content (AvgIpc) is 3.06. The van der Waals surface area contributed by atoms with Gasteiger partial charge in [0.1, 0.15) is 5.75 Å². The van der Waals surface area contributed by atoms with E-state index in [0.717, 1.165) is 28.9 Å². The highest BCUT2D eigenvalue weighted by atomic mass is 35.5. The van der Waals surface area contributed by atoms with E-state index in [2.05, 4.69) is 10.6 Å². The quantitative estimate of drug-likeness (QED) is 0.779. The van der Waals surface area contributed by atoms with Crippen molar-refractivity contribution in [2.45, 2.75) is 19.1 Å². The predicted molar refractivity (Wildman–Crippen MR) is 92.3 cm³/mol. The van der Waals surface area contributed by atoms with Crippen LogP contribution in [0.5, 0.6) is 5.75 Å². The molecule has 0 aromatic heterocycles. The van der Waals surface area contributed by atoms with Gasteiger partial charge in [-0.05, 0) is 41.0 Å². The molecule has 5 nitrogen and oxygen atoms in total. The number of aliphatic hydroxyl groups is 1. The molecule has 0 radical (unpaired) electrons. The molecule has 0 unspecified atom stereocenters.